The Labute approximate surface area is 102 Å². The van der Waals surface area contributed by atoms with Gasteiger partial charge in [0.2, 0.25) is 0 Å². The molecule has 0 spiro atoms. The summed E-state index contributed by atoms with van der Waals surface area (Å²) >= 11 is 0. The van der Waals surface area contributed by atoms with E-state index in [-0.39, 0.29) is 17.8 Å². The minimum atomic E-state index is -0.0929. The first-order valence-corrected chi connectivity index (χ1v) is 6.12. The van der Waals surface area contributed by atoms with Gasteiger partial charge in [-0.1, -0.05) is 30.3 Å². The van der Waals surface area contributed by atoms with Crippen LogP contribution in [0.2, 0.25) is 0 Å². The predicted molar refractivity (Wildman–Crippen MR) is 64.7 cm³/mol. The lowest BCUT2D eigenvalue weighted by molar-refractivity contribution is -0.152. The summed E-state index contributed by atoms with van der Waals surface area (Å²) in [4.78, 5) is 11.9. The zero-order valence-corrected chi connectivity index (χ0v) is 10.1. The van der Waals surface area contributed by atoms with E-state index in [1.165, 1.54) is 0 Å². The Hall–Kier alpha value is -1.35. The van der Waals surface area contributed by atoms with Gasteiger partial charge < -0.3 is 9.47 Å². The van der Waals surface area contributed by atoms with Crippen LogP contribution in [-0.4, -0.2) is 25.8 Å². The number of ether oxygens (including phenoxy) is 2. The average Bonchev–Trinajstić information content (AvgIpc) is 2.40. The molecule has 1 aliphatic rings. The summed E-state index contributed by atoms with van der Waals surface area (Å²) in [6.07, 6.45) is 0.748. The molecule has 1 saturated heterocycles. The normalized spacial score (nSPS) is 24.3. The molecule has 2 rings (SSSR count). The van der Waals surface area contributed by atoms with Crippen molar-refractivity contribution in [3.05, 3.63) is 35.9 Å². The Bertz CT molecular complexity index is 361. The number of esters is 1. The molecule has 1 aromatic rings. The lowest BCUT2D eigenvalue weighted by Gasteiger charge is -2.30. The molecule has 1 heterocycles. The van der Waals surface area contributed by atoms with Gasteiger partial charge in [-0.05, 0) is 18.9 Å². The third-order valence-corrected chi connectivity index (χ3v) is 3.17. The van der Waals surface area contributed by atoms with E-state index in [0.717, 1.165) is 12.0 Å². The van der Waals surface area contributed by atoms with Gasteiger partial charge in [-0.25, -0.2) is 0 Å². The van der Waals surface area contributed by atoms with Crippen molar-refractivity contribution in [1.82, 2.24) is 0 Å². The lowest BCUT2D eigenvalue weighted by atomic mass is 9.83. The van der Waals surface area contributed by atoms with Gasteiger partial charge in [0, 0.05) is 12.5 Å². The van der Waals surface area contributed by atoms with Gasteiger partial charge >= 0.3 is 5.97 Å². The maximum Gasteiger partial charge on any atom is 0.309 e. The summed E-state index contributed by atoms with van der Waals surface area (Å²) < 4.78 is 10.6. The van der Waals surface area contributed by atoms with Crippen molar-refractivity contribution in [2.24, 2.45) is 5.92 Å². The van der Waals surface area contributed by atoms with Gasteiger partial charge in [0.1, 0.15) is 0 Å². The standard InChI is InChI=1S/C14H18O3/c1-2-17-14(15)12-8-9-16-10-13(12)11-6-4-3-5-7-11/h3-7,12-13H,2,8-10H2,1H3/t12-,13-/m1/s1. The van der Waals surface area contributed by atoms with Crippen LogP contribution in [0.25, 0.3) is 0 Å². The average molecular weight is 234 g/mol. The summed E-state index contributed by atoms with van der Waals surface area (Å²) in [5, 5.41) is 0. The number of hydrogen-bond acceptors (Lipinski definition) is 3. The van der Waals surface area contributed by atoms with Crippen LogP contribution in [0.3, 0.4) is 0 Å². The number of benzene rings is 1. The summed E-state index contributed by atoms with van der Waals surface area (Å²) in [6, 6.07) is 10.1. The predicted octanol–water partition coefficient (Wildman–Crippen LogP) is 2.37. The fourth-order valence-corrected chi connectivity index (χ4v) is 2.30. The molecule has 0 aliphatic carbocycles. The highest BCUT2D eigenvalue weighted by atomic mass is 16.5. The summed E-state index contributed by atoms with van der Waals surface area (Å²) in [7, 11) is 0. The quantitative estimate of drug-likeness (QED) is 0.753. The molecule has 0 aromatic heterocycles. The second kappa shape index (κ2) is 5.82. The maximum atomic E-state index is 11.9. The Morgan fingerprint density at radius 3 is 2.88 bits per heavy atom. The SMILES string of the molecule is CCOC(=O)[C@@H]1CCOC[C@@H]1c1ccccc1. The first-order valence-electron chi connectivity index (χ1n) is 6.12. The molecule has 3 heteroatoms. The molecule has 1 aliphatic heterocycles. The molecule has 0 radical (unpaired) electrons. The monoisotopic (exact) mass is 234 g/mol. The summed E-state index contributed by atoms with van der Waals surface area (Å²) in [5.74, 6) is -0.0280. The minimum Gasteiger partial charge on any atom is -0.466 e. The van der Waals surface area contributed by atoms with Gasteiger partial charge in [0.15, 0.2) is 0 Å². The van der Waals surface area contributed by atoms with Gasteiger partial charge in [-0.2, -0.15) is 0 Å². The third-order valence-electron chi connectivity index (χ3n) is 3.17. The fraction of sp³-hybridized carbons (Fsp3) is 0.500. The fourth-order valence-electron chi connectivity index (χ4n) is 2.30. The first kappa shape index (κ1) is 12.1. The zero-order chi connectivity index (χ0) is 12.1. The number of carbonyl (C=O) groups excluding carboxylic acids is 1. The van der Waals surface area contributed by atoms with Crippen LogP contribution in [0.4, 0.5) is 0 Å². The molecule has 2 atom stereocenters. The van der Waals surface area contributed by atoms with Crippen molar-refractivity contribution in [1.29, 1.82) is 0 Å². The largest absolute Gasteiger partial charge is 0.466 e. The van der Waals surface area contributed by atoms with Crippen molar-refractivity contribution < 1.29 is 14.3 Å². The molecular formula is C14H18O3. The van der Waals surface area contributed by atoms with Gasteiger partial charge in [-0.15, -0.1) is 0 Å². The minimum absolute atomic E-state index is 0.0638. The Morgan fingerprint density at radius 1 is 1.41 bits per heavy atom. The van der Waals surface area contributed by atoms with Crippen molar-refractivity contribution in [3.8, 4) is 0 Å². The Kier molecular flexibility index (Phi) is 4.15. The van der Waals surface area contributed by atoms with E-state index < -0.39 is 0 Å². The molecule has 1 fully saturated rings. The van der Waals surface area contributed by atoms with Gasteiger partial charge in [0.05, 0.1) is 19.1 Å². The van der Waals surface area contributed by atoms with Crippen LogP contribution < -0.4 is 0 Å². The molecule has 92 valence electrons. The van der Waals surface area contributed by atoms with E-state index in [1.807, 2.05) is 37.3 Å². The topological polar surface area (TPSA) is 35.5 Å². The molecule has 0 unspecified atom stereocenters. The third kappa shape index (κ3) is 2.86. The highest BCUT2D eigenvalue weighted by Crippen LogP contribution is 2.32. The first-order chi connectivity index (χ1) is 8.33. The molecule has 17 heavy (non-hydrogen) atoms. The van der Waals surface area contributed by atoms with Crippen LogP contribution in [0.15, 0.2) is 30.3 Å². The van der Waals surface area contributed by atoms with Gasteiger partial charge in [-0.3, -0.25) is 4.79 Å². The van der Waals surface area contributed by atoms with Crippen molar-refractivity contribution >= 4 is 5.97 Å². The van der Waals surface area contributed by atoms with E-state index in [2.05, 4.69) is 0 Å². The summed E-state index contributed by atoms with van der Waals surface area (Å²) in [6.45, 7) is 3.53. The molecule has 0 bridgehead atoms. The van der Waals surface area contributed by atoms with Crippen molar-refractivity contribution in [2.45, 2.75) is 19.3 Å². The smallest absolute Gasteiger partial charge is 0.309 e. The molecule has 3 nitrogen and oxygen atoms in total. The van der Waals surface area contributed by atoms with Crippen molar-refractivity contribution in [3.63, 3.8) is 0 Å². The van der Waals surface area contributed by atoms with E-state index in [1.54, 1.807) is 0 Å². The number of rotatable bonds is 3. The molecule has 0 amide bonds. The Morgan fingerprint density at radius 2 is 2.18 bits per heavy atom. The second-order valence-corrected chi connectivity index (χ2v) is 4.24. The Balaban J connectivity index is 2.15. The second-order valence-electron chi connectivity index (χ2n) is 4.24. The molecule has 0 N–H and O–H groups in total. The maximum absolute atomic E-state index is 11.9. The van der Waals surface area contributed by atoms with Crippen LogP contribution in [0.1, 0.15) is 24.8 Å². The molecular weight excluding hydrogens is 216 g/mol. The van der Waals surface area contributed by atoms with Crippen LogP contribution in [0, 0.1) is 5.92 Å². The van der Waals surface area contributed by atoms with Crippen LogP contribution in [0.5, 0.6) is 0 Å². The summed E-state index contributed by atoms with van der Waals surface area (Å²) in [5.41, 5.74) is 1.16. The number of carbonyl (C=O) groups is 1. The zero-order valence-electron chi connectivity index (χ0n) is 10.1. The number of hydrogen-bond donors (Lipinski definition) is 0. The molecule has 1 aromatic carbocycles. The highest BCUT2D eigenvalue weighted by molar-refractivity contribution is 5.74. The van der Waals surface area contributed by atoms with Crippen molar-refractivity contribution in [2.75, 3.05) is 19.8 Å². The van der Waals surface area contributed by atoms with E-state index in [4.69, 9.17) is 9.47 Å². The van der Waals surface area contributed by atoms with E-state index >= 15 is 0 Å². The van der Waals surface area contributed by atoms with E-state index in [9.17, 15) is 4.79 Å². The molecule has 0 saturated carbocycles. The van der Waals surface area contributed by atoms with Crippen LogP contribution >= 0.6 is 0 Å². The van der Waals surface area contributed by atoms with E-state index in [0.29, 0.717) is 19.8 Å². The highest BCUT2D eigenvalue weighted by Gasteiger charge is 2.33. The van der Waals surface area contributed by atoms with Gasteiger partial charge in [0.25, 0.3) is 0 Å². The lowest BCUT2D eigenvalue weighted by Crippen LogP contribution is -2.32. The van der Waals surface area contributed by atoms with Crippen LogP contribution in [-0.2, 0) is 14.3 Å².